The predicted molar refractivity (Wildman–Crippen MR) is 123 cm³/mol. The van der Waals surface area contributed by atoms with Gasteiger partial charge in [-0.05, 0) is 57.0 Å². The van der Waals surface area contributed by atoms with Gasteiger partial charge in [-0.15, -0.1) is 0 Å². The molecule has 1 saturated heterocycles. The molecule has 0 radical (unpaired) electrons. The lowest BCUT2D eigenvalue weighted by atomic mass is 10.2. The third kappa shape index (κ3) is 4.80. The molecule has 0 aliphatic carbocycles. The lowest BCUT2D eigenvalue weighted by Crippen LogP contribution is -2.48. The number of rotatable bonds is 5. The van der Waals surface area contributed by atoms with Gasteiger partial charge in [0.2, 0.25) is 10.0 Å². The van der Waals surface area contributed by atoms with E-state index in [4.69, 9.17) is 9.47 Å². The summed E-state index contributed by atoms with van der Waals surface area (Å²) >= 11 is 0. The number of benzene rings is 2. The number of para-hydroxylation sites is 1. The Hall–Kier alpha value is -2.75. The van der Waals surface area contributed by atoms with Crippen LogP contribution in [0.2, 0.25) is 0 Å². The highest BCUT2D eigenvalue weighted by Crippen LogP contribution is 2.28. The molecule has 0 saturated carbocycles. The molecule has 2 aromatic rings. The van der Waals surface area contributed by atoms with Gasteiger partial charge in [0.15, 0.2) is 6.10 Å². The Kier molecular flexibility index (Phi) is 6.56. The predicted octanol–water partition coefficient (Wildman–Crippen LogP) is 2.62. The molecule has 4 rings (SSSR count). The molecule has 176 valence electrons. The van der Waals surface area contributed by atoms with Crippen LogP contribution in [-0.4, -0.2) is 62.5 Å². The monoisotopic (exact) mass is 472 g/mol. The molecule has 0 aromatic heterocycles. The molecule has 1 fully saturated rings. The Labute approximate surface area is 194 Å². The van der Waals surface area contributed by atoms with Gasteiger partial charge >= 0.3 is 5.97 Å². The molecule has 0 bridgehead atoms. The van der Waals surface area contributed by atoms with Crippen molar-refractivity contribution < 1.29 is 27.5 Å². The van der Waals surface area contributed by atoms with Crippen LogP contribution in [0, 0.1) is 0 Å². The maximum absolute atomic E-state index is 13.1. The van der Waals surface area contributed by atoms with E-state index in [1.54, 1.807) is 4.90 Å². The van der Waals surface area contributed by atoms with Gasteiger partial charge in [-0.2, -0.15) is 4.31 Å². The molecule has 3 unspecified atom stereocenters. The summed E-state index contributed by atoms with van der Waals surface area (Å²) in [4.78, 5) is 27.3. The van der Waals surface area contributed by atoms with Crippen LogP contribution in [0.25, 0.3) is 0 Å². The van der Waals surface area contributed by atoms with E-state index < -0.39 is 22.1 Å². The fraction of sp³-hybridized carbons (Fsp3) is 0.417. The van der Waals surface area contributed by atoms with Crippen molar-refractivity contribution in [3.05, 3.63) is 59.7 Å². The molecule has 0 N–H and O–H groups in total. The average molecular weight is 473 g/mol. The summed E-state index contributed by atoms with van der Waals surface area (Å²) in [6.45, 7) is 6.18. The number of hydrogen-bond donors (Lipinski definition) is 0. The Bertz CT molecular complexity index is 1160. The van der Waals surface area contributed by atoms with Gasteiger partial charge in [-0.1, -0.05) is 24.3 Å². The van der Waals surface area contributed by atoms with E-state index in [9.17, 15) is 18.0 Å². The summed E-state index contributed by atoms with van der Waals surface area (Å²) in [5, 5.41) is 0. The Morgan fingerprint density at radius 3 is 2.48 bits per heavy atom. The maximum atomic E-state index is 13.1. The largest absolute Gasteiger partial charge is 0.449 e. The molecule has 2 aliphatic rings. The molecule has 9 heteroatoms. The van der Waals surface area contributed by atoms with Crippen LogP contribution >= 0.6 is 0 Å². The molecule has 2 aliphatic heterocycles. The minimum atomic E-state index is -3.80. The lowest BCUT2D eigenvalue weighted by molar-refractivity contribution is -0.126. The zero-order chi connectivity index (χ0) is 23.8. The van der Waals surface area contributed by atoms with E-state index in [1.807, 2.05) is 38.1 Å². The van der Waals surface area contributed by atoms with E-state index in [1.165, 1.54) is 35.5 Å². The number of morpholine rings is 1. The molecular weight excluding hydrogens is 444 g/mol. The van der Waals surface area contributed by atoms with Crippen LogP contribution in [0.1, 0.15) is 36.7 Å². The second-order valence-electron chi connectivity index (χ2n) is 8.52. The summed E-state index contributed by atoms with van der Waals surface area (Å²) in [5.41, 5.74) is 1.98. The third-order valence-electron chi connectivity index (χ3n) is 5.88. The fourth-order valence-electron chi connectivity index (χ4n) is 4.33. The summed E-state index contributed by atoms with van der Waals surface area (Å²) < 4.78 is 38.7. The van der Waals surface area contributed by atoms with Gasteiger partial charge in [-0.25, -0.2) is 13.2 Å². The molecule has 0 spiro atoms. The summed E-state index contributed by atoms with van der Waals surface area (Å²) in [7, 11) is -3.80. The molecule has 8 nitrogen and oxygen atoms in total. The number of sulfonamides is 1. The van der Waals surface area contributed by atoms with Crippen LogP contribution in [0.3, 0.4) is 0 Å². The normalized spacial score (nSPS) is 22.0. The van der Waals surface area contributed by atoms with E-state index in [0.29, 0.717) is 6.54 Å². The number of ether oxygens (including phenoxy) is 2. The van der Waals surface area contributed by atoms with Gasteiger partial charge in [-0.3, -0.25) is 4.79 Å². The number of hydrogen-bond acceptors (Lipinski definition) is 6. The smallest absolute Gasteiger partial charge is 0.338 e. The molecule has 33 heavy (non-hydrogen) atoms. The van der Waals surface area contributed by atoms with E-state index in [2.05, 4.69) is 0 Å². The van der Waals surface area contributed by atoms with Crippen molar-refractivity contribution in [2.24, 2.45) is 0 Å². The van der Waals surface area contributed by atoms with Crippen LogP contribution in [-0.2, 0) is 30.7 Å². The molecule has 2 heterocycles. The number of anilines is 1. The zero-order valence-corrected chi connectivity index (χ0v) is 19.7. The quantitative estimate of drug-likeness (QED) is 0.621. The summed E-state index contributed by atoms with van der Waals surface area (Å²) in [5.74, 6) is -1.06. The molecular formula is C24H28N2O6S. The van der Waals surface area contributed by atoms with Crippen LogP contribution in [0.15, 0.2) is 53.4 Å². The Balaban J connectivity index is 1.47. The molecule has 2 aromatic carbocycles. The lowest BCUT2D eigenvalue weighted by Gasteiger charge is -2.34. The standard InChI is InChI=1S/C24H28N2O6S/c1-16-14-25(15-17(2)31-16)33(29,30)21-9-6-8-20(13-21)24(28)32-18(3)23(27)26-12-11-19-7-4-5-10-22(19)26/h4-10,13,16-18H,11-12,14-15H2,1-3H3. The van der Waals surface area contributed by atoms with Crippen molar-refractivity contribution in [3.63, 3.8) is 0 Å². The highest BCUT2D eigenvalue weighted by atomic mass is 32.2. The number of esters is 1. The van der Waals surface area contributed by atoms with Crippen LogP contribution in [0.4, 0.5) is 5.69 Å². The highest BCUT2D eigenvalue weighted by Gasteiger charge is 2.33. The maximum Gasteiger partial charge on any atom is 0.338 e. The Morgan fingerprint density at radius 2 is 1.76 bits per heavy atom. The average Bonchev–Trinajstić information content (AvgIpc) is 3.22. The molecule has 1 amide bonds. The zero-order valence-electron chi connectivity index (χ0n) is 18.9. The van der Waals surface area contributed by atoms with Crippen molar-refractivity contribution in [2.75, 3.05) is 24.5 Å². The van der Waals surface area contributed by atoms with E-state index in [-0.39, 0.29) is 41.7 Å². The number of carbonyl (C=O) groups excluding carboxylic acids is 2. The first kappa shape index (κ1) is 23.4. The summed E-state index contributed by atoms with van der Waals surface area (Å²) in [6, 6.07) is 13.4. The number of amides is 1. The number of nitrogens with zero attached hydrogens (tertiary/aromatic N) is 2. The van der Waals surface area contributed by atoms with Crippen molar-refractivity contribution in [3.8, 4) is 0 Å². The van der Waals surface area contributed by atoms with Gasteiger partial charge in [0.1, 0.15) is 0 Å². The van der Waals surface area contributed by atoms with Gasteiger partial charge in [0, 0.05) is 25.3 Å². The minimum Gasteiger partial charge on any atom is -0.449 e. The fourth-order valence-corrected chi connectivity index (χ4v) is 5.96. The number of fused-ring (bicyclic) bond motifs is 1. The van der Waals surface area contributed by atoms with Crippen molar-refractivity contribution >= 4 is 27.6 Å². The van der Waals surface area contributed by atoms with Gasteiger partial charge < -0.3 is 14.4 Å². The van der Waals surface area contributed by atoms with Crippen molar-refractivity contribution in [1.29, 1.82) is 0 Å². The van der Waals surface area contributed by atoms with Crippen molar-refractivity contribution in [1.82, 2.24) is 4.31 Å². The first-order valence-corrected chi connectivity index (χ1v) is 12.5. The van der Waals surface area contributed by atoms with E-state index in [0.717, 1.165) is 17.7 Å². The van der Waals surface area contributed by atoms with E-state index >= 15 is 0 Å². The topological polar surface area (TPSA) is 93.2 Å². The first-order chi connectivity index (χ1) is 15.7. The first-order valence-electron chi connectivity index (χ1n) is 11.0. The van der Waals surface area contributed by atoms with Crippen LogP contribution < -0.4 is 4.90 Å². The van der Waals surface area contributed by atoms with Crippen LogP contribution in [0.5, 0.6) is 0 Å². The number of carbonyl (C=O) groups is 2. The summed E-state index contributed by atoms with van der Waals surface area (Å²) in [6.07, 6.45) is -0.704. The SMILES string of the molecule is CC1CN(S(=O)(=O)c2cccc(C(=O)OC(C)C(=O)N3CCc4ccccc43)c2)CC(C)O1. The second-order valence-corrected chi connectivity index (χ2v) is 10.5. The third-order valence-corrected chi connectivity index (χ3v) is 7.71. The molecule has 3 atom stereocenters. The van der Waals surface area contributed by atoms with Crippen molar-refractivity contribution in [2.45, 2.75) is 50.4 Å². The van der Waals surface area contributed by atoms with Gasteiger partial charge in [0.05, 0.1) is 22.7 Å². The highest BCUT2D eigenvalue weighted by molar-refractivity contribution is 7.89. The minimum absolute atomic E-state index is 0.00528. The Morgan fingerprint density at radius 1 is 1.06 bits per heavy atom. The second kappa shape index (κ2) is 9.24. The van der Waals surface area contributed by atoms with Gasteiger partial charge in [0.25, 0.3) is 5.91 Å².